The van der Waals surface area contributed by atoms with Crippen LogP contribution in [0.25, 0.3) is 0 Å². The Kier molecular flexibility index (Phi) is 5.95. The van der Waals surface area contributed by atoms with Gasteiger partial charge in [0.1, 0.15) is 11.4 Å². The molecule has 170 valence electrons. The Balaban J connectivity index is 1.51. The van der Waals surface area contributed by atoms with Crippen LogP contribution in [0.4, 0.5) is 25.4 Å². The topological polar surface area (TPSA) is 65.1 Å². The van der Waals surface area contributed by atoms with Gasteiger partial charge < -0.3 is 19.9 Å². The molecule has 0 saturated carbocycles. The van der Waals surface area contributed by atoms with Crippen molar-refractivity contribution in [1.82, 2.24) is 10.2 Å². The summed E-state index contributed by atoms with van der Waals surface area (Å²) in [6.45, 7) is 8.78. The van der Waals surface area contributed by atoms with Crippen molar-refractivity contribution in [2.45, 2.75) is 39.5 Å². The van der Waals surface area contributed by atoms with Crippen molar-refractivity contribution in [2.75, 3.05) is 36.0 Å². The number of anilines is 2. The van der Waals surface area contributed by atoms with E-state index in [2.05, 4.69) is 10.2 Å². The molecule has 2 aliphatic rings. The lowest BCUT2D eigenvalue weighted by molar-refractivity contribution is 0.0240. The summed E-state index contributed by atoms with van der Waals surface area (Å²) in [4.78, 5) is 30.6. The number of carbonyl (C=O) groups excluding carboxylic acids is 2. The van der Waals surface area contributed by atoms with Crippen molar-refractivity contribution in [3.8, 4) is 0 Å². The predicted octanol–water partition coefficient (Wildman–Crippen LogP) is 4.11. The molecule has 0 radical (unpaired) electrons. The average molecular weight is 441 g/mol. The molecule has 0 aromatic heterocycles. The van der Waals surface area contributed by atoms with Crippen LogP contribution < -0.4 is 15.1 Å². The highest BCUT2D eigenvalue weighted by atomic mass is 19.1. The van der Waals surface area contributed by atoms with Crippen LogP contribution in [0.15, 0.2) is 42.5 Å². The molecule has 0 aliphatic carbocycles. The number of nitrogens with one attached hydrogen (secondary N) is 1. The molecule has 1 N–H and O–H groups in total. The molecular weight excluding hydrogens is 411 g/mol. The quantitative estimate of drug-likeness (QED) is 0.780. The molecule has 0 bridgehead atoms. The fourth-order valence-electron chi connectivity index (χ4n) is 4.09. The van der Waals surface area contributed by atoms with Gasteiger partial charge in [0.2, 0.25) is 0 Å². The summed E-state index contributed by atoms with van der Waals surface area (Å²) in [5, 5.41) is 2.94. The molecule has 0 atom stereocenters. The zero-order valence-electron chi connectivity index (χ0n) is 18.7. The van der Waals surface area contributed by atoms with Crippen LogP contribution in [0.2, 0.25) is 0 Å². The summed E-state index contributed by atoms with van der Waals surface area (Å²) in [7, 11) is 0. The Labute approximate surface area is 187 Å². The molecule has 2 heterocycles. The number of fused-ring (bicyclic) bond motifs is 1. The molecule has 2 aliphatic heterocycles. The highest BCUT2D eigenvalue weighted by Crippen LogP contribution is 2.34. The van der Waals surface area contributed by atoms with Gasteiger partial charge in [-0.2, -0.15) is 0 Å². The standard InChI is InChI=1S/C24H29FN4O3/c1-24(2,3)32-23(31)28-12-10-27(11-13-28)20-8-5-9-21-19(20)15-26-22(30)29(21)16-17-6-4-7-18(25)14-17/h4-9,14H,10-13,15-16H2,1-3H3,(H,26,30). The number of urea groups is 1. The molecule has 7 nitrogen and oxygen atoms in total. The maximum absolute atomic E-state index is 13.6. The van der Waals surface area contributed by atoms with Crippen LogP contribution in [0.1, 0.15) is 31.9 Å². The summed E-state index contributed by atoms with van der Waals surface area (Å²) in [6, 6.07) is 12.0. The molecule has 2 aromatic carbocycles. The maximum Gasteiger partial charge on any atom is 0.410 e. The lowest BCUT2D eigenvalue weighted by Gasteiger charge is -2.39. The number of benzene rings is 2. The first-order valence-electron chi connectivity index (χ1n) is 10.9. The van der Waals surface area contributed by atoms with E-state index in [4.69, 9.17) is 4.74 Å². The van der Waals surface area contributed by atoms with Crippen molar-refractivity contribution in [3.63, 3.8) is 0 Å². The maximum atomic E-state index is 13.6. The van der Waals surface area contributed by atoms with Gasteiger partial charge in [0.15, 0.2) is 0 Å². The van der Waals surface area contributed by atoms with Gasteiger partial charge in [0.05, 0.1) is 12.2 Å². The first kappa shape index (κ1) is 21.9. The van der Waals surface area contributed by atoms with Gasteiger partial charge in [-0.15, -0.1) is 0 Å². The molecule has 2 aromatic rings. The number of nitrogens with zero attached hydrogens (tertiary/aromatic N) is 3. The lowest BCUT2D eigenvalue weighted by atomic mass is 10.0. The largest absolute Gasteiger partial charge is 0.444 e. The van der Waals surface area contributed by atoms with Crippen molar-refractivity contribution in [2.24, 2.45) is 0 Å². The van der Waals surface area contributed by atoms with Crippen LogP contribution >= 0.6 is 0 Å². The minimum absolute atomic E-state index is 0.200. The summed E-state index contributed by atoms with van der Waals surface area (Å²) in [6.07, 6.45) is -0.291. The number of halogens is 1. The predicted molar refractivity (Wildman–Crippen MR) is 121 cm³/mol. The van der Waals surface area contributed by atoms with E-state index < -0.39 is 5.60 Å². The van der Waals surface area contributed by atoms with Gasteiger partial charge in [-0.3, -0.25) is 4.90 Å². The van der Waals surface area contributed by atoms with Gasteiger partial charge in [0.25, 0.3) is 0 Å². The summed E-state index contributed by atoms with van der Waals surface area (Å²) in [5.74, 6) is -0.322. The Morgan fingerprint density at radius 1 is 1.06 bits per heavy atom. The second-order valence-corrected chi connectivity index (χ2v) is 9.10. The molecule has 8 heteroatoms. The van der Waals surface area contributed by atoms with E-state index in [0.29, 0.717) is 32.7 Å². The lowest BCUT2D eigenvalue weighted by Crippen LogP contribution is -2.51. The van der Waals surface area contributed by atoms with Crippen LogP contribution in [0.5, 0.6) is 0 Å². The van der Waals surface area contributed by atoms with Crippen LogP contribution in [-0.2, 0) is 17.8 Å². The van der Waals surface area contributed by atoms with E-state index in [0.717, 1.165) is 22.5 Å². The Morgan fingerprint density at radius 2 is 1.75 bits per heavy atom. The van der Waals surface area contributed by atoms with E-state index >= 15 is 0 Å². The molecule has 1 saturated heterocycles. The van der Waals surface area contributed by atoms with Gasteiger partial charge >= 0.3 is 12.1 Å². The summed E-state index contributed by atoms with van der Waals surface area (Å²) in [5.41, 5.74) is 3.09. The van der Waals surface area contributed by atoms with Gasteiger partial charge in [-0.25, -0.2) is 14.0 Å². The summed E-state index contributed by atoms with van der Waals surface area (Å²) >= 11 is 0. The first-order chi connectivity index (χ1) is 15.2. The minimum atomic E-state index is -0.518. The Morgan fingerprint density at radius 3 is 2.44 bits per heavy atom. The van der Waals surface area contributed by atoms with Crippen LogP contribution in [0.3, 0.4) is 0 Å². The molecule has 32 heavy (non-hydrogen) atoms. The number of hydrogen-bond acceptors (Lipinski definition) is 4. The van der Waals surface area contributed by atoms with E-state index in [-0.39, 0.29) is 24.5 Å². The third-order valence-corrected chi connectivity index (χ3v) is 5.58. The number of amides is 3. The normalized spacial score (nSPS) is 16.5. The van der Waals surface area contributed by atoms with Crippen LogP contribution in [0, 0.1) is 5.82 Å². The summed E-state index contributed by atoms with van der Waals surface area (Å²) < 4.78 is 19.1. The highest BCUT2D eigenvalue weighted by Gasteiger charge is 2.30. The average Bonchev–Trinajstić information content (AvgIpc) is 2.74. The molecule has 1 fully saturated rings. The van der Waals surface area contributed by atoms with Gasteiger partial charge in [0, 0.05) is 44.0 Å². The SMILES string of the molecule is CC(C)(C)OC(=O)N1CCN(c2cccc3c2CNC(=O)N3Cc2cccc(F)c2)CC1. The molecule has 4 rings (SSSR count). The number of hydrogen-bond donors (Lipinski definition) is 1. The van der Waals surface area contributed by atoms with Gasteiger partial charge in [-0.05, 0) is 50.6 Å². The number of rotatable bonds is 3. The zero-order chi connectivity index (χ0) is 22.9. The number of carbonyl (C=O) groups is 2. The monoisotopic (exact) mass is 440 g/mol. The van der Waals surface area contributed by atoms with E-state index in [1.54, 1.807) is 15.9 Å². The van der Waals surface area contributed by atoms with Crippen molar-refractivity contribution < 1.29 is 18.7 Å². The molecule has 0 spiro atoms. The molecular formula is C24H29FN4O3. The zero-order valence-corrected chi connectivity index (χ0v) is 18.7. The van der Waals surface area contributed by atoms with Crippen LogP contribution in [-0.4, -0.2) is 48.8 Å². The molecule has 0 unspecified atom stereocenters. The second-order valence-electron chi connectivity index (χ2n) is 9.10. The van der Waals surface area contributed by atoms with Gasteiger partial charge in [-0.1, -0.05) is 18.2 Å². The minimum Gasteiger partial charge on any atom is -0.444 e. The third kappa shape index (κ3) is 4.79. The second kappa shape index (κ2) is 8.68. The Hall–Kier alpha value is -3.29. The van der Waals surface area contributed by atoms with E-state index in [9.17, 15) is 14.0 Å². The van der Waals surface area contributed by atoms with E-state index in [1.165, 1.54) is 12.1 Å². The first-order valence-corrected chi connectivity index (χ1v) is 10.9. The van der Waals surface area contributed by atoms with Crippen molar-refractivity contribution >= 4 is 23.5 Å². The van der Waals surface area contributed by atoms with E-state index in [1.807, 2.05) is 45.0 Å². The fourth-order valence-corrected chi connectivity index (χ4v) is 4.09. The number of piperazine rings is 1. The fraction of sp³-hybridized carbons (Fsp3) is 0.417. The number of ether oxygens (including phenoxy) is 1. The highest BCUT2D eigenvalue weighted by molar-refractivity contribution is 5.96. The Bertz CT molecular complexity index is 1010. The third-order valence-electron chi connectivity index (χ3n) is 5.58. The van der Waals surface area contributed by atoms with Crippen molar-refractivity contribution in [3.05, 3.63) is 59.4 Å². The smallest absolute Gasteiger partial charge is 0.410 e. The molecule has 3 amide bonds. The van der Waals surface area contributed by atoms with Crippen molar-refractivity contribution in [1.29, 1.82) is 0 Å².